The number of amides is 1. The van der Waals surface area contributed by atoms with Crippen LogP contribution in [-0.4, -0.2) is 17.1 Å². The van der Waals surface area contributed by atoms with Gasteiger partial charge in [0.2, 0.25) is 0 Å². The summed E-state index contributed by atoms with van der Waals surface area (Å²) in [6.45, 7) is 0. The van der Waals surface area contributed by atoms with Crippen molar-refractivity contribution in [3.05, 3.63) is 70.8 Å². The molecule has 0 bridgehead atoms. The van der Waals surface area contributed by atoms with Crippen molar-refractivity contribution in [3.63, 3.8) is 0 Å². The Bertz CT molecular complexity index is 778. The molecule has 0 heterocycles. The standard InChI is InChI=1S/C20H19F3N2O/c21-20(22,23)19(26)24-25(17-11-9-13-5-1-3-7-15(13)17)18-12-10-14-6-2-4-8-16(14)18/h1-8,17-18H,9-12H2,(H,24,26). The van der Waals surface area contributed by atoms with Crippen LogP contribution < -0.4 is 5.43 Å². The van der Waals surface area contributed by atoms with Crippen molar-refractivity contribution < 1.29 is 18.0 Å². The van der Waals surface area contributed by atoms with Gasteiger partial charge in [-0.05, 0) is 47.9 Å². The van der Waals surface area contributed by atoms with Gasteiger partial charge in [0.05, 0.1) is 12.1 Å². The Morgan fingerprint density at radius 3 is 1.81 bits per heavy atom. The minimum absolute atomic E-state index is 0.256. The summed E-state index contributed by atoms with van der Waals surface area (Å²) in [6.07, 6.45) is -1.93. The molecule has 0 aromatic heterocycles. The maximum absolute atomic E-state index is 12.9. The van der Waals surface area contributed by atoms with Crippen molar-refractivity contribution in [1.82, 2.24) is 10.4 Å². The minimum atomic E-state index is -4.91. The molecule has 0 saturated heterocycles. The molecule has 0 saturated carbocycles. The first-order valence-corrected chi connectivity index (χ1v) is 8.77. The molecule has 2 aromatic carbocycles. The number of hydrazine groups is 1. The van der Waals surface area contributed by atoms with Crippen LogP contribution in [0.3, 0.4) is 0 Å². The Morgan fingerprint density at radius 1 is 0.885 bits per heavy atom. The predicted octanol–water partition coefficient (Wildman–Crippen LogP) is 4.26. The lowest BCUT2D eigenvalue weighted by Crippen LogP contribution is -2.50. The molecule has 2 aliphatic carbocycles. The van der Waals surface area contributed by atoms with E-state index in [-0.39, 0.29) is 12.1 Å². The fourth-order valence-corrected chi connectivity index (χ4v) is 4.20. The zero-order valence-corrected chi connectivity index (χ0v) is 14.1. The lowest BCUT2D eigenvalue weighted by molar-refractivity contribution is -0.181. The van der Waals surface area contributed by atoms with Gasteiger partial charge in [-0.2, -0.15) is 13.2 Å². The monoisotopic (exact) mass is 360 g/mol. The van der Waals surface area contributed by atoms with E-state index in [0.29, 0.717) is 12.8 Å². The summed E-state index contributed by atoms with van der Waals surface area (Å²) in [7, 11) is 0. The number of rotatable bonds is 3. The molecule has 2 aromatic rings. The lowest BCUT2D eigenvalue weighted by Gasteiger charge is -2.35. The Hall–Kier alpha value is -2.34. The van der Waals surface area contributed by atoms with Crippen LogP contribution in [0.25, 0.3) is 0 Å². The number of hydrogen-bond acceptors (Lipinski definition) is 2. The second-order valence-electron chi connectivity index (χ2n) is 6.85. The van der Waals surface area contributed by atoms with Crippen molar-refractivity contribution in [2.24, 2.45) is 0 Å². The van der Waals surface area contributed by atoms with Crippen molar-refractivity contribution in [2.75, 3.05) is 0 Å². The van der Waals surface area contributed by atoms with Crippen LogP contribution in [0, 0.1) is 0 Å². The molecule has 6 heteroatoms. The van der Waals surface area contributed by atoms with E-state index in [4.69, 9.17) is 0 Å². The lowest BCUT2D eigenvalue weighted by atomic mass is 10.0. The molecule has 1 N–H and O–H groups in total. The fraction of sp³-hybridized carbons (Fsp3) is 0.350. The number of aryl methyl sites for hydroxylation is 2. The van der Waals surface area contributed by atoms with E-state index in [1.54, 1.807) is 5.01 Å². The van der Waals surface area contributed by atoms with Gasteiger partial charge < -0.3 is 0 Å². The number of nitrogens with one attached hydrogen (secondary N) is 1. The van der Waals surface area contributed by atoms with Crippen molar-refractivity contribution in [3.8, 4) is 0 Å². The number of nitrogens with zero attached hydrogens (tertiary/aromatic N) is 1. The molecular formula is C20H19F3N2O. The Morgan fingerprint density at radius 2 is 1.35 bits per heavy atom. The third-order valence-corrected chi connectivity index (χ3v) is 5.36. The number of carbonyl (C=O) groups excluding carboxylic acids is 1. The summed E-state index contributed by atoms with van der Waals surface area (Å²) in [6, 6.07) is 15.0. The van der Waals surface area contributed by atoms with Gasteiger partial charge in [-0.25, -0.2) is 5.01 Å². The van der Waals surface area contributed by atoms with Crippen LogP contribution in [0.1, 0.15) is 47.2 Å². The van der Waals surface area contributed by atoms with E-state index in [1.165, 1.54) is 0 Å². The molecule has 26 heavy (non-hydrogen) atoms. The first-order chi connectivity index (χ1) is 12.4. The van der Waals surface area contributed by atoms with Crippen LogP contribution >= 0.6 is 0 Å². The third kappa shape index (κ3) is 2.98. The average Bonchev–Trinajstić information content (AvgIpc) is 3.23. The average molecular weight is 360 g/mol. The molecule has 2 aliphatic rings. The zero-order valence-electron chi connectivity index (χ0n) is 14.1. The molecule has 0 aliphatic heterocycles. The van der Waals surface area contributed by atoms with Crippen LogP contribution in [0.5, 0.6) is 0 Å². The molecule has 0 fully saturated rings. The molecule has 4 rings (SSSR count). The normalized spacial score (nSPS) is 21.5. The summed E-state index contributed by atoms with van der Waals surface area (Å²) in [5, 5.41) is 1.55. The molecule has 3 nitrogen and oxygen atoms in total. The summed E-state index contributed by atoms with van der Waals surface area (Å²) in [5.74, 6) is -1.91. The Balaban J connectivity index is 1.71. The summed E-state index contributed by atoms with van der Waals surface area (Å²) in [4.78, 5) is 11.7. The molecule has 0 radical (unpaired) electrons. The van der Waals surface area contributed by atoms with Crippen LogP contribution in [0.4, 0.5) is 13.2 Å². The van der Waals surface area contributed by atoms with Gasteiger partial charge in [0.25, 0.3) is 0 Å². The van der Waals surface area contributed by atoms with Crippen LogP contribution in [0.2, 0.25) is 0 Å². The summed E-state index contributed by atoms with van der Waals surface area (Å²) in [5.41, 5.74) is 6.46. The number of halogens is 3. The number of fused-ring (bicyclic) bond motifs is 2. The number of benzene rings is 2. The maximum atomic E-state index is 12.9. The van der Waals surface area contributed by atoms with E-state index in [2.05, 4.69) is 5.43 Å². The van der Waals surface area contributed by atoms with Gasteiger partial charge in [0.15, 0.2) is 0 Å². The van der Waals surface area contributed by atoms with Gasteiger partial charge in [0, 0.05) is 0 Å². The van der Waals surface area contributed by atoms with Crippen molar-refractivity contribution in [2.45, 2.75) is 43.9 Å². The minimum Gasteiger partial charge on any atom is -0.280 e. The molecule has 1 amide bonds. The SMILES string of the molecule is O=C(NN(C1CCc2ccccc21)C1CCc2ccccc21)C(F)(F)F. The Kier molecular flexibility index (Phi) is 4.23. The molecule has 2 unspecified atom stereocenters. The van der Waals surface area contributed by atoms with Crippen LogP contribution in [0.15, 0.2) is 48.5 Å². The first-order valence-electron chi connectivity index (χ1n) is 8.77. The Labute approximate surface area is 149 Å². The molecular weight excluding hydrogens is 341 g/mol. The molecule has 2 atom stereocenters. The van der Waals surface area contributed by atoms with Crippen LogP contribution in [-0.2, 0) is 17.6 Å². The van der Waals surface area contributed by atoms with Gasteiger partial charge in [-0.15, -0.1) is 0 Å². The van der Waals surface area contributed by atoms with Crippen molar-refractivity contribution in [1.29, 1.82) is 0 Å². The van der Waals surface area contributed by atoms with E-state index in [1.807, 2.05) is 48.5 Å². The second-order valence-corrected chi connectivity index (χ2v) is 6.85. The topological polar surface area (TPSA) is 32.3 Å². The highest BCUT2D eigenvalue weighted by Gasteiger charge is 2.44. The molecule has 0 spiro atoms. The quantitative estimate of drug-likeness (QED) is 0.830. The predicted molar refractivity (Wildman–Crippen MR) is 91.0 cm³/mol. The highest BCUT2D eigenvalue weighted by molar-refractivity contribution is 5.81. The molecule has 136 valence electrons. The van der Waals surface area contributed by atoms with Gasteiger partial charge in [-0.3, -0.25) is 10.2 Å². The van der Waals surface area contributed by atoms with Gasteiger partial charge >= 0.3 is 12.1 Å². The first kappa shape index (κ1) is 17.1. The van der Waals surface area contributed by atoms with E-state index < -0.39 is 12.1 Å². The van der Waals surface area contributed by atoms with Crippen molar-refractivity contribution >= 4 is 5.91 Å². The fourth-order valence-electron chi connectivity index (χ4n) is 4.20. The van der Waals surface area contributed by atoms with Gasteiger partial charge in [-0.1, -0.05) is 48.5 Å². The number of hydrogen-bond donors (Lipinski definition) is 1. The second kappa shape index (κ2) is 6.43. The highest BCUT2D eigenvalue weighted by atomic mass is 19.4. The third-order valence-electron chi connectivity index (χ3n) is 5.36. The maximum Gasteiger partial charge on any atom is 0.472 e. The summed E-state index contributed by atoms with van der Waals surface area (Å²) >= 11 is 0. The van der Waals surface area contributed by atoms with Gasteiger partial charge in [0.1, 0.15) is 0 Å². The zero-order chi connectivity index (χ0) is 18.3. The largest absolute Gasteiger partial charge is 0.472 e. The number of alkyl halides is 3. The number of carbonyl (C=O) groups is 1. The summed E-state index contributed by atoms with van der Waals surface area (Å²) < 4.78 is 38.8. The smallest absolute Gasteiger partial charge is 0.280 e. The van der Waals surface area contributed by atoms with E-state index in [0.717, 1.165) is 35.1 Å². The van der Waals surface area contributed by atoms with E-state index >= 15 is 0 Å². The highest BCUT2D eigenvalue weighted by Crippen LogP contribution is 2.43. The van der Waals surface area contributed by atoms with E-state index in [9.17, 15) is 18.0 Å².